The number of benzene rings is 2. The summed E-state index contributed by atoms with van der Waals surface area (Å²) in [5.74, 6) is -6.49. The third kappa shape index (κ3) is 4.94. The summed E-state index contributed by atoms with van der Waals surface area (Å²) < 4.78 is 86.3. The van der Waals surface area contributed by atoms with Crippen LogP contribution in [0.5, 0.6) is 0 Å². The number of sulfonamides is 1. The van der Waals surface area contributed by atoms with E-state index in [2.05, 4.69) is 0 Å². The predicted octanol–water partition coefficient (Wildman–Crippen LogP) is 4.39. The molecule has 4 rings (SSSR count). The van der Waals surface area contributed by atoms with Crippen molar-refractivity contribution < 1.29 is 30.8 Å². The molecule has 2 aliphatic rings. The maximum Gasteiger partial charge on any atom is 0.283 e. The molecule has 2 aromatic rings. The van der Waals surface area contributed by atoms with E-state index in [1.807, 2.05) is 4.72 Å². The lowest BCUT2D eigenvalue weighted by Crippen LogP contribution is -2.52. The molecule has 34 heavy (non-hydrogen) atoms. The van der Waals surface area contributed by atoms with Gasteiger partial charge in [0.1, 0.15) is 17.7 Å². The second-order valence-corrected chi connectivity index (χ2v) is 11.2. The standard InChI is InChI=1S/C23H23ClF4N2O3S/c1-2-34(32,33)29-21-19(30(12-23(21,27)28)22(31)13-7-8-13)10-14-9-15(24)11-17(20(14)26)16-5-3-4-6-18(16)25/h3-6,9,11,13,19,21,29H,2,7-8,10,12H2,1H3/t19-,21+/m0/s1. The normalized spacial score (nSPS) is 22.2. The van der Waals surface area contributed by atoms with E-state index >= 15 is 13.2 Å². The predicted molar refractivity (Wildman–Crippen MR) is 120 cm³/mol. The first kappa shape index (κ1) is 24.9. The number of amides is 1. The molecule has 1 saturated heterocycles. The Morgan fingerprint density at radius 3 is 2.47 bits per heavy atom. The second-order valence-electron chi connectivity index (χ2n) is 8.68. The molecule has 0 aromatic heterocycles. The molecule has 2 fully saturated rings. The fourth-order valence-electron chi connectivity index (χ4n) is 4.28. The first-order chi connectivity index (χ1) is 15.9. The van der Waals surface area contributed by atoms with Gasteiger partial charge in [0.15, 0.2) is 0 Å². The van der Waals surface area contributed by atoms with Crippen LogP contribution in [-0.4, -0.2) is 49.5 Å². The average Bonchev–Trinajstić information content (AvgIpc) is 3.59. The number of nitrogens with one attached hydrogen (secondary N) is 1. The summed E-state index contributed by atoms with van der Waals surface area (Å²) >= 11 is 6.16. The van der Waals surface area contributed by atoms with Crippen LogP contribution in [0.3, 0.4) is 0 Å². The summed E-state index contributed by atoms with van der Waals surface area (Å²) in [6.45, 7) is 0.321. The van der Waals surface area contributed by atoms with Crippen LogP contribution in [0.2, 0.25) is 5.02 Å². The van der Waals surface area contributed by atoms with Gasteiger partial charge in [0.05, 0.1) is 18.3 Å². The van der Waals surface area contributed by atoms with Crippen LogP contribution >= 0.6 is 11.6 Å². The molecule has 2 aromatic carbocycles. The van der Waals surface area contributed by atoms with Gasteiger partial charge in [-0.05, 0) is 49.9 Å². The summed E-state index contributed by atoms with van der Waals surface area (Å²) in [4.78, 5) is 13.8. The number of hydrogen-bond donors (Lipinski definition) is 1. The van der Waals surface area contributed by atoms with Gasteiger partial charge in [0, 0.05) is 22.1 Å². The molecule has 1 saturated carbocycles. The molecule has 0 unspecified atom stereocenters. The maximum atomic E-state index is 15.5. The molecular formula is C23H23ClF4N2O3S. The highest BCUT2D eigenvalue weighted by Crippen LogP contribution is 2.41. The van der Waals surface area contributed by atoms with E-state index in [4.69, 9.17) is 11.6 Å². The molecule has 0 spiro atoms. The van der Waals surface area contributed by atoms with Crippen molar-refractivity contribution >= 4 is 27.5 Å². The van der Waals surface area contributed by atoms with Gasteiger partial charge >= 0.3 is 0 Å². The molecule has 1 amide bonds. The van der Waals surface area contributed by atoms with E-state index in [9.17, 15) is 17.6 Å². The van der Waals surface area contributed by atoms with Gasteiger partial charge in [-0.1, -0.05) is 29.8 Å². The molecule has 2 atom stereocenters. The first-order valence-electron chi connectivity index (χ1n) is 10.8. The Morgan fingerprint density at radius 1 is 1.18 bits per heavy atom. The van der Waals surface area contributed by atoms with Crippen molar-refractivity contribution in [2.45, 2.75) is 44.2 Å². The van der Waals surface area contributed by atoms with Crippen molar-refractivity contribution in [3.05, 3.63) is 58.6 Å². The van der Waals surface area contributed by atoms with Crippen molar-refractivity contribution in [2.24, 2.45) is 5.92 Å². The molecule has 1 heterocycles. The molecule has 11 heteroatoms. The van der Waals surface area contributed by atoms with Crippen molar-refractivity contribution in [3.63, 3.8) is 0 Å². The van der Waals surface area contributed by atoms with Gasteiger partial charge < -0.3 is 4.90 Å². The fraction of sp³-hybridized carbons (Fsp3) is 0.435. The Morgan fingerprint density at radius 2 is 1.85 bits per heavy atom. The lowest BCUT2D eigenvalue weighted by atomic mass is 9.95. The summed E-state index contributed by atoms with van der Waals surface area (Å²) in [6, 6.07) is 4.61. The second kappa shape index (κ2) is 9.13. The summed E-state index contributed by atoms with van der Waals surface area (Å²) in [7, 11) is -4.07. The fourth-order valence-corrected chi connectivity index (χ4v) is 5.40. The van der Waals surface area contributed by atoms with Crippen LogP contribution in [0.4, 0.5) is 17.6 Å². The van der Waals surface area contributed by atoms with Crippen LogP contribution in [0.15, 0.2) is 36.4 Å². The van der Waals surface area contributed by atoms with Gasteiger partial charge in [-0.15, -0.1) is 0 Å². The quantitative estimate of drug-likeness (QED) is 0.553. The highest BCUT2D eigenvalue weighted by Gasteiger charge is 2.58. The first-order valence-corrected chi connectivity index (χ1v) is 12.9. The van der Waals surface area contributed by atoms with E-state index in [1.165, 1.54) is 37.3 Å². The molecule has 184 valence electrons. The average molecular weight is 519 g/mol. The SMILES string of the molecule is CCS(=O)(=O)N[C@@H]1[C@H](Cc2cc(Cl)cc(-c3ccccc3F)c2F)N(C(=O)C2CC2)CC1(F)F. The highest BCUT2D eigenvalue weighted by atomic mass is 35.5. The Hall–Kier alpha value is -2.17. The van der Waals surface area contributed by atoms with Gasteiger partial charge in [0.25, 0.3) is 5.92 Å². The van der Waals surface area contributed by atoms with Crippen LogP contribution in [0, 0.1) is 17.6 Å². The molecule has 0 bridgehead atoms. The van der Waals surface area contributed by atoms with Crippen molar-refractivity contribution in [1.29, 1.82) is 0 Å². The Bertz CT molecular complexity index is 1220. The molecule has 1 aliphatic carbocycles. The van der Waals surface area contributed by atoms with Crippen molar-refractivity contribution in [2.75, 3.05) is 12.3 Å². The molecule has 5 nitrogen and oxygen atoms in total. The number of hydrogen-bond acceptors (Lipinski definition) is 3. The highest BCUT2D eigenvalue weighted by molar-refractivity contribution is 7.89. The third-order valence-corrected chi connectivity index (χ3v) is 7.81. The molecule has 0 radical (unpaired) electrons. The summed E-state index contributed by atoms with van der Waals surface area (Å²) in [5, 5.41) is 0.0465. The van der Waals surface area contributed by atoms with E-state index in [0.29, 0.717) is 12.8 Å². The van der Waals surface area contributed by atoms with E-state index < -0.39 is 70.2 Å². The third-order valence-electron chi connectivity index (χ3n) is 6.22. The topological polar surface area (TPSA) is 66.5 Å². The van der Waals surface area contributed by atoms with Gasteiger partial charge in [-0.25, -0.2) is 30.7 Å². The van der Waals surface area contributed by atoms with Crippen LogP contribution in [0.25, 0.3) is 11.1 Å². The lowest BCUT2D eigenvalue weighted by Gasteiger charge is -2.29. The van der Waals surface area contributed by atoms with Crippen molar-refractivity contribution in [1.82, 2.24) is 9.62 Å². The van der Waals surface area contributed by atoms with Crippen LogP contribution in [-0.2, 0) is 21.2 Å². The minimum atomic E-state index is -4.07. The Labute approximate surface area is 200 Å². The number of halogens is 5. The van der Waals surface area contributed by atoms with Gasteiger partial charge in [-0.2, -0.15) is 0 Å². The minimum absolute atomic E-state index is 0.0465. The zero-order chi connectivity index (χ0) is 24.8. The maximum absolute atomic E-state index is 15.5. The Balaban J connectivity index is 1.77. The number of nitrogens with zero attached hydrogens (tertiary/aromatic N) is 1. The number of likely N-dealkylation sites (tertiary alicyclic amines) is 1. The van der Waals surface area contributed by atoms with Gasteiger partial charge in [0.2, 0.25) is 15.9 Å². The number of alkyl halides is 2. The molecule has 1 N–H and O–H groups in total. The summed E-state index contributed by atoms with van der Waals surface area (Å²) in [5.41, 5.74) is -0.339. The minimum Gasteiger partial charge on any atom is -0.331 e. The van der Waals surface area contributed by atoms with Gasteiger partial charge in [-0.3, -0.25) is 4.79 Å². The Kier molecular flexibility index (Phi) is 6.69. The van der Waals surface area contributed by atoms with Crippen LogP contribution < -0.4 is 4.72 Å². The van der Waals surface area contributed by atoms with Crippen LogP contribution in [0.1, 0.15) is 25.3 Å². The number of carbonyl (C=O) groups excluding carboxylic acids is 1. The zero-order valence-corrected chi connectivity index (χ0v) is 19.8. The van der Waals surface area contributed by atoms with Crippen molar-refractivity contribution in [3.8, 4) is 11.1 Å². The van der Waals surface area contributed by atoms with E-state index in [-0.39, 0.29) is 21.7 Å². The summed E-state index contributed by atoms with van der Waals surface area (Å²) in [6.07, 6.45) is 0.683. The number of carbonyl (C=O) groups is 1. The smallest absolute Gasteiger partial charge is 0.283 e. The van der Waals surface area contributed by atoms with E-state index in [1.54, 1.807) is 0 Å². The molecule has 1 aliphatic heterocycles. The number of rotatable bonds is 7. The monoisotopic (exact) mass is 518 g/mol. The lowest BCUT2D eigenvalue weighted by molar-refractivity contribution is -0.134. The molecular weight excluding hydrogens is 496 g/mol. The van der Waals surface area contributed by atoms with E-state index in [0.717, 1.165) is 11.0 Å². The largest absolute Gasteiger partial charge is 0.331 e. The zero-order valence-electron chi connectivity index (χ0n) is 18.2.